The van der Waals surface area contributed by atoms with Crippen LogP contribution in [0.3, 0.4) is 0 Å². The lowest BCUT2D eigenvalue weighted by atomic mass is 10.2. The van der Waals surface area contributed by atoms with Crippen LogP contribution in [0, 0.1) is 0 Å². The Labute approximate surface area is 101 Å². The first-order valence-corrected chi connectivity index (χ1v) is 5.47. The molecule has 1 amide bonds. The van der Waals surface area contributed by atoms with Gasteiger partial charge in [-0.3, -0.25) is 4.79 Å². The van der Waals surface area contributed by atoms with Crippen LogP contribution in [0.1, 0.15) is 16.8 Å². The number of carbonyl (C=O) groups is 1. The maximum absolute atomic E-state index is 11.0. The Hall–Kier alpha value is -1.75. The van der Waals surface area contributed by atoms with Crippen molar-refractivity contribution in [3.05, 3.63) is 23.8 Å². The Balaban J connectivity index is 2.57. The molecule has 5 heteroatoms. The van der Waals surface area contributed by atoms with E-state index in [0.717, 1.165) is 13.0 Å². The van der Waals surface area contributed by atoms with Gasteiger partial charge in [0.2, 0.25) is 5.91 Å². The molecule has 1 rings (SSSR count). The third-order valence-corrected chi connectivity index (χ3v) is 2.31. The minimum Gasteiger partial charge on any atom is -0.491 e. The normalized spacial score (nSPS) is 10.5. The van der Waals surface area contributed by atoms with Gasteiger partial charge in [0.25, 0.3) is 0 Å². The van der Waals surface area contributed by atoms with E-state index >= 15 is 0 Å². The van der Waals surface area contributed by atoms with E-state index in [0.29, 0.717) is 23.6 Å². The van der Waals surface area contributed by atoms with Crippen molar-refractivity contribution in [2.24, 2.45) is 5.73 Å². The van der Waals surface area contributed by atoms with Crippen molar-refractivity contribution in [2.45, 2.75) is 6.42 Å². The second-order valence-electron chi connectivity index (χ2n) is 4.12. The highest BCUT2D eigenvalue weighted by atomic mass is 16.5. The fourth-order valence-electron chi connectivity index (χ4n) is 1.38. The van der Waals surface area contributed by atoms with Crippen molar-refractivity contribution in [1.29, 1.82) is 0 Å². The number of nitrogen functional groups attached to an aromatic ring is 1. The average molecular weight is 237 g/mol. The van der Waals surface area contributed by atoms with E-state index in [4.69, 9.17) is 16.2 Å². The minimum atomic E-state index is -0.483. The SMILES string of the molecule is CN(C)CCCOc1cc(C(N)=O)ccc1N. The van der Waals surface area contributed by atoms with E-state index in [9.17, 15) is 4.79 Å². The van der Waals surface area contributed by atoms with Crippen LogP contribution in [0.4, 0.5) is 5.69 Å². The highest BCUT2D eigenvalue weighted by Crippen LogP contribution is 2.22. The van der Waals surface area contributed by atoms with Crippen molar-refractivity contribution in [1.82, 2.24) is 4.90 Å². The summed E-state index contributed by atoms with van der Waals surface area (Å²) in [6.45, 7) is 1.50. The van der Waals surface area contributed by atoms with Gasteiger partial charge >= 0.3 is 0 Å². The number of benzene rings is 1. The zero-order valence-electron chi connectivity index (χ0n) is 10.3. The predicted octanol–water partition coefficient (Wildman–Crippen LogP) is 0.698. The Morgan fingerprint density at radius 1 is 1.41 bits per heavy atom. The molecule has 0 aliphatic heterocycles. The average Bonchev–Trinajstić information content (AvgIpc) is 2.25. The third-order valence-electron chi connectivity index (χ3n) is 2.31. The zero-order valence-corrected chi connectivity index (χ0v) is 10.3. The molecule has 0 radical (unpaired) electrons. The predicted molar refractivity (Wildman–Crippen MR) is 68.0 cm³/mol. The molecule has 0 heterocycles. The fraction of sp³-hybridized carbons (Fsp3) is 0.417. The molecular weight excluding hydrogens is 218 g/mol. The second kappa shape index (κ2) is 6.10. The molecule has 0 atom stereocenters. The van der Waals surface area contributed by atoms with E-state index in [2.05, 4.69) is 4.90 Å². The van der Waals surface area contributed by atoms with Gasteiger partial charge in [0, 0.05) is 12.1 Å². The number of hydrogen-bond acceptors (Lipinski definition) is 4. The Bertz CT molecular complexity index is 391. The fourth-order valence-corrected chi connectivity index (χ4v) is 1.38. The summed E-state index contributed by atoms with van der Waals surface area (Å²) in [5.41, 5.74) is 11.8. The van der Waals surface area contributed by atoms with Gasteiger partial charge in [-0.1, -0.05) is 0 Å². The summed E-state index contributed by atoms with van der Waals surface area (Å²) >= 11 is 0. The van der Waals surface area contributed by atoms with Crippen LogP contribution >= 0.6 is 0 Å². The van der Waals surface area contributed by atoms with Gasteiger partial charge in [-0.25, -0.2) is 0 Å². The summed E-state index contributed by atoms with van der Waals surface area (Å²) in [6.07, 6.45) is 0.896. The molecule has 17 heavy (non-hydrogen) atoms. The molecule has 0 aliphatic rings. The number of nitrogens with zero attached hydrogens (tertiary/aromatic N) is 1. The molecule has 0 unspecified atom stereocenters. The van der Waals surface area contributed by atoms with Gasteiger partial charge in [0.05, 0.1) is 12.3 Å². The van der Waals surface area contributed by atoms with Gasteiger partial charge < -0.3 is 21.1 Å². The number of nitrogens with two attached hydrogens (primary N) is 2. The van der Waals surface area contributed by atoms with Gasteiger partial charge in [0.1, 0.15) is 5.75 Å². The first-order chi connectivity index (χ1) is 8.00. The Kier molecular flexibility index (Phi) is 4.78. The first kappa shape index (κ1) is 13.3. The topological polar surface area (TPSA) is 81.6 Å². The van der Waals surface area contributed by atoms with Crippen molar-refractivity contribution < 1.29 is 9.53 Å². The Morgan fingerprint density at radius 3 is 2.71 bits per heavy atom. The van der Waals surface area contributed by atoms with Crippen LogP contribution in [0.15, 0.2) is 18.2 Å². The number of rotatable bonds is 6. The molecule has 0 spiro atoms. The van der Waals surface area contributed by atoms with Crippen LogP contribution in [0.2, 0.25) is 0 Å². The van der Waals surface area contributed by atoms with E-state index in [1.807, 2.05) is 14.1 Å². The van der Waals surface area contributed by atoms with Crippen molar-refractivity contribution in [3.8, 4) is 5.75 Å². The highest BCUT2D eigenvalue weighted by molar-refractivity contribution is 5.93. The number of anilines is 1. The molecule has 0 saturated carbocycles. The first-order valence-electron chi connectivity index (χ1n) is 5.47. The highest BCUT2D eigenvalue weighted by Gasteiger charge is 2.06. The van der Waals surface area contributed by atoms with Gasteiger partial charge in [-0.15, -0.1) is 0 Å². The Morgan fingerprint density at radius 2 is 2.12 bits per heavy atom. The summed E-state index contributed by atoms with van der Waals surface area (Å²) in [6, 6.07) is 4.79. The van der Waals surface area contributed by atoms with Crippen molar-refractivity contribution in [3.63, 3.8) is 0 Å². The standard InChI is InChI=1S/C12H19N3O2/c1-15(2)6-3-7-17-11-8-9(12(14)16)4-5-10(11)13/h4-5,8H,3,6-7,13H2,1-2H3,(H2,14,16). The summed E-state index contributed by atoms with van der Waals surface area (Å²) in [4.78, 5) is 13.1. The molecule has 1 aromatic carbocycles. The van der Waals surface area contributed by atoms with E-state index in [-0.39, 0.29) is 0 Å². The molecular formula is C12H19N3O2. The lowest BCUT2D eigenvalue weighted by Crippen LogP contribution is -2.16. The molecule has 94 valence electrons. The lowest BCUT2D eigenvalue weighted by molar-refractivity contribution is 0.1000. The van der Waals surface area contributed by atoms with E-state index in [1.54, 1.807) is 18.2 Å². The minimum absolute atomic E-state index is 0.404. The summed E-state index contributed by atoms with van der Waals surface area (Å²) < 4.78 is 5.52. The van der Waals surface area contributed by atoms with Crippen molar-refractivity contribution in [2.75, 3.05) is 33.0 Å². The maximum atomic E-state index is 11.0. The second-order valence-corrected chi connectivity index (χ2v) is 4.12. The molecule has 0 aliphatic carbocycles. The molecule has 0 bridgehead atoms. The van der Waals surface area contributed by atoms with Gasteiger partial charge in [-0.05, 0) is 38.7 Å². The molecule has 0 aromatic heterocycles. The summed E-state index contributed by atoms with van der Waals surface area (Å²) in [7, 11) is 4.00. The number of carbonyl (C=O) groups excluding carboxylic acids is 1. The molecule has 5 nitrogen and oxygen atoms in total. The monoisotopic (exact) mass is 237 g/mol. The molecule has 1 aromatic rings. The third kappa shape index (κ3) is 4.32. The maximum Gasteiger partial charge on any atom is 0.248 e. The number of hydrogen-bond donors (Lipinski definition) is 2. The summed E-state index contributed by atoms with van der Waals surface area (Å²) in [5, 5.41) is 0. The van der Waals surface area contributed by atoms with Crippen LogP contribution in [0.25, 0.3) is 0 Å². The number of ether oxygens (including phenoxy) is 1. The quantitative estimate of drug-likeness (QED) is 0.563. The molecule has 0 fully saturated rings. The lowest BCUT2D eigenvalue weighted by Gasteiger charge is -2.12. The van der Waals surface area contributed by atoms with Gasteiger partial charge in [0.15, 0.2) is 0 Å². The van der Waals surface area contributed by atoms with Crippen molar-refractivity contribution >= 4 is 11.6 Å². The number of amides is 1. The molecule has 4 N–H and O–H groups in total. The van der Waals surface area contributed by atoms with E-state index in [1.165, 1.54) is 0 Å². The van der Waals surface area contributed by atoms with Crippen LogP contribution in [-0.4, -0.2) is 38.1 Å². The molecule has 0 saturated heterocycles. The van der Waals surface area contributed by atoms with Crippen LogP contribution in [0.5, 0.6) is 5.75 Å². The summed E-state index contributed by atoms with van der Waals surface area (Å²) in [5.74, 6) is 0.0307. The number of primary amides is 1. The smallest absolute Gasteiger partial charge is 0.248 e. The zero-order chi connectivity index (χ0) is 12.8. The van der Waals surface area contributed by atoms with E-state index < -0.39 is 5.91 Å². The van der Waals surface area contributed by atoms with Gasteiger partial charge in [-0.2, -0.15) is 0 Å². The largest absolute Gasteiger partial charge is 0.491 e. The van der Waals surface area contributed by atoms with Crippen LogP contribution < -0.4 is 16.2 Å². The van der Waals surface area contributed by atoms with Crippen LogP contribution in [-0.2, 0) is 0 Å².